The van der Waals surface area contributed by atoms with Crippen LogP contribution in [-0.2, 0) is 0 Å². The Bertz CT molecular complexity index is 579. The van der Waals surface area contributed by atoms with Gasteiger partial charge >= 0.3 is 0 Å². The van der Waals surface area contributed by atoms with E-state index in [-0.39, 0.29) is 6.04 Å². The first-order chi connectivity index (χ1) is 9.79. The molecule has 0 bridgehead atoms. The molecule has 1 fully saturated rings. The zero-order valence-electron chi connectivity index (χ0n) is 11.8. The summed E-state index contributed by atoms with van der Waals surface area (Å²) in [5, 5.41) is 0. The molecular weight excluding hydrogens is 248 g/mol. The van der Waals surface area contributed by atoms with E-state index in [4.69, 9.17) is 0 Å². The normalized spacial score (nSPS) is 16.4. The first-order valence-electron chi connectivity index (χ1n) is 7.26. The number of hydrogen-bond acceptors (Lipinski definition) is 2. The summed E-state index contributed by atoms with van der Waals surface area (Å²) in [7, 11) is 0. The summed E-state index contributed by atoms with van der Waals surface area (Å²) < 4.78 is 2.01. The summed E-state index contributed by atoms with van der Waals surface area (Å²) in [5.74, 6) is 0. The van der Waals surface area contributed by atoms with Gasteiger partial charge in [0.15, 0.2) is 6.29 Å². The summed E-state index contributed by atoms with van der Waals surface area (Å²) in [5.41, 5.74) is 3.26. The number of aldehydes is 1. The third-order valence-corrected chi connectivity index (χ3v) is 4.20. The minimum absolute atomic E-state index is 0.179. The molecule has 1 aliphatic rings. The Morgan fingerprint density at radius 2 is 1.80 bits per heavy atom. The van der Waals surface area contributed by atoms with Crippen molar-refractivity contribution >= 4 is 12.0 Å². The Morgan fingerprint density at radius 1 is 1.10 bits per heavy atom. The van der Waals surface area contributed by atoms with Crippen LogP contribution in [-0.4, -0.2) is 23.9 Å². The zero-order chi connectivity index (χ0) is 13.9. The van der Waals surface area contributed by atoms with Crippen molar-refractivity contribution in [3.8, 4) is 0 Å². The van der Waals surface area contributed by atoms with Gasteiger partial charge in [0.05, 0.1) is 11.7 Å². The highest BCUT2D eigenvalue weighted by molar-refractivity contribution is 5.72. The van der Waals surface area contributed by atoms with E-state index in [0.717, 1.165) is 12.0 Å². The van der Waals surface area contributed by atoms with E-state index in [0.29, 0.717) is 0 Å². The van der Waals surface area contributed by atoms with Crippen molar-refractivity contribution in [2.75, 3.05) is 18.0 Å². The molecule has 3 rings (SSSR count). The van der Waals surface area contributed by atoms with E-state index in [2.05, 4.69) is 36.1 Å². The smallest absolute Gasteiger partial charge is 0.166 e. The van der Waals surface area contributed by atoms with Gasteiger partial charge in [0.25, 0.3) is 0 Å². The molecule has 3 heteroatoms. The van der Waals surface area contributed by atoms with Gasteiger partial charge in [0.2, 0.25) is 0 Å². The molecule has 0 amide bonds. The molecule has 1 atom stereocenters. The largest absolute Gasteiger partial charge is 0.372 e. The van der Waals surface area contributed by atoms with Gasteiger partial charge < -0.3 is 9.47 Å². The second-order valence-corrected chi connectivity index (χ2v) is 5.42. The molecule has 0 N–H and O–H groups in total. The van der Waals surface area contributed by atoms with Gasteiger partial charge in [-0.25, -0.2) is 0 Å². The quantitative estimate of drug-likeness (QED) is 0.793. The first kappa shape index (κ1) is 13.0. The van der Waals surface area contributed by atoms with E-state index in [9.17, 15) is 4.79 Å². The van der Waals surface area contributed by atoms with Gasteiger partial charge in [-0.15, -0.1) is 0 Å². The van der Waals surface area contributed by atoms with Gasteiger partial charge in [-0.2, -0.15) is 0 Å². The van der Waals surface area contributed by atoms with Crippen molar-refractivity contribution in [2.45, 2.75) is 25.8 Å². The maximum Gasteiger partial charge on any atom is 0.166 e. The third-order valence-electron chi connectivity index (χ3n) is 4.20. The molecule has 20 heavy (non-hydrogen) atoms. The van der Waals surface area contributed by atoms with Gasteiger partial charge in [-0.05, 0) is 49.6 Å². The lowest BCUT2D eigenvalue weighted by Gasteiger charge is -2.20. The van der Waals surface area contributed by atoms with Crippen LogP contribution in [0.5, 0.6) is 0 Å². The predicted octanol–water partition coefficient (Wildman–Crippen LogP) is 3.51. The predicted molar refractivity (Wildman–Crippen MR) is 81.5 cm³/mol. The van der Waals surface area contributed by atoms with Crippen LogP contribution in [0.2, 0.25) is 0 Å². The van der Waals surface area contributed by atoms with Crippen LogP contribution in [0.15, 0.2) is 42.6 Å². The van der Waals surface area contributed by atoms with Crippen molar-refractivity contribution in [1.82, 2.24) is 4.57 Å². The number of rotatable bonds is 4. The van der Waals surface area contributed by atoms with Crippen LogP contribution in [0.1, 0.15) is 41.9 Å². The number of carbonyl (C=O) groups is 1. The lowest BCUT2D eigenvalue weighted by molar-refractivity contribution is 0.111. The van der Waals surface area contributed by atoms with Crippen molar-refractivity contribution < 1.29 is 4.79 Å². The molecule has 1 aromatic carbocycles. The van der Waals surface area contributed by atoms with Gasteiger partial charge in [0, 0.05) is 25.0 Å². The Morgan fingerprint density at radius 3 is 2.45 bits per heavy atom. The first-order valence-corrected chi connectivity index (χ1v) is 7.26. The fraction of sp³-hybridized carbons (Fsp3) is 0.353. The average molecular weight is 268 g/mol. The number of nitrogens with zero attached hydrogens (tertiary/aromatic N) is 2. The highest BCUT2D eigenvalue weighted by Gasteiger charge is 2.14. The molecule has 3 nitrogen and oxygen atoms in total. The average Bonchev–Trinajstić information content (AvgIpc) is 3.17. The molecule has 1 aliphatic heterocycles. The number of carbonyl (C=O) groups excluding carboxylic acids is 1. The minimum atomic E-state index is 0.179. The maximum absolute atomic E-state index is 11.0. The molecule has 2 aromatic rings. The molecule has 0 saturated carbocycles. The van der Waals surface area contributed by atoms with Crippen molar-refractivity contribution in [3.05, 3.63) is 53.9 Å². The summed E-state index contributed by atoms with van der Waals surface area (Å²) >= 11 is 0. The third kappa shape index (κ3) is 2.36. The molecule has 104 valence electrons. The Kier molecular flexibility index (Phi) is 3.59. The van der Waals surface area contributed by atoms with Crippen LogP contribution in [0, 0.1) is 0 Å². The van der Waals surface area contributed by atoms with Crippen molar-refractivity contribution in [2.24, 2.45) is 0 Å². The number of benzene rings is 1. The second kappa shape index (κ2) is 5.53. The lowest BCUT2D eigenvalue weighted by Crippen LogP contribution is -2.17. The van der Waals surface area contributed by atoms with Crippen LogP contribution in [0.25, 0.3) is 0 Å². The Labute approximate surface area is 119 Å². The highest BCUT2D eigenvalue weighted by atomic mass is 16.1. The summed E-state index contributed by atoms with van der Waals surface area (Å²) in [6.07, 6.45) is 5.46. The van der Waals surface area contributed by atoms with E-state index in [1.807, 2.05) is 22.9 Å². The summed E-state index contributed by atoms with van der Waals surface area (Å²) in [6.45, 7) is 4.46. The van der Waals surface area contributed by atoms with Crippen LogP contribution in [0.4, 0.5) is 5.69 Å². The molecule has 1 aromatic heterocycles. The topological polar surface area (TPSA) is 25.2 Å². The Balaban J connectivity index is 1.81. The lowest BCUT2D eigenvalue weighted by atomic mass is 10.1. The van der Waals surface area contributed by atoms with Crippen molar-refractivity contribution in [1.29, 1.82) is 0 Å². The molecule has 1 unspecified atom stereocenters. The molecule has 0 radical (unpaired) electrons. The Hall–Kier alpha value is -2.03. The van der Waals surface area contributed by atoms with Crippen LogP contribution >= 0.6 is 0 Å². The number of aromatic nitrogens is 1. The molecule has 0 aliphatic carbocycles. The van der Waals surface area contributed by atoms with E-state index < -0.39 is 0 Å². The monoisotopic (exact) mass is 268 g/mol. The van der Waals surface area contributed by atoms with Gasteiger partial charge in [-0.3, -0.25) is 4.79 Å². The maximum atomic E-state index is 11.0. The van der Waals surface area contributed by atoms with Gasteiger partial charge in [-0.1, -0.05) is 12.1 Å². The summed E-state index contributed by atoms with van der Waals surface area (Å²) in [4.78, 5) is 13.5. The molecule has 1 saturated heterocycles. The second-order valence-electron chi connectivity index (χ2n) is 5.42. The molecule has 0 spiro atoms. The number of hydrogen-bond donors (Lipinski definition) is 0. The van der Waals surface area contributed by atoms with Crippen LogP contribution in [0.3, 0.4) is 0 Å². The van der Waals surface area contributed by atoms with E-state index in [1.54, 1.807) is 0 Å². The molecular formula is C17H20N2O. The van der Waals surface area contributed by atoms with Crippen LogP contribution < -0.4 is 4.90 Å². The summed E-state index contributed by atoms with van der Waals surface area (Å²) in [6, 6.07) is 12.7. The zero-order valence-corrected chi connectivity index (χ0v) is 11.8. The minimum Gasteiger partial charge on any atom is -0.372 e. The SMILES string of the molecule is CC(c1ccc(N2CCCC2)cc1)n1cccc1C=O. The number of anilines is 1. The van der Waals surface area contributed by atoms with E-state index >= 15 is 0 Å². The highest BCUT2D eigenvalue weighted by Crippen LogP contribution is 2.25. The van der Waals surface area contributed by atoms with E-state index in [1.165, 1.54) is 37.2 Å². The standard InChI is InChI=1S/C17H20N2O/c1-14(19-12-4-5-17(19)13-20)15-6-8-16(9-7-15)18-10-2-3-11-18/h4-9,12-14H,2-3,10-11H2,1H3. The van der Waals surface area contributed by atoms with Crippen molar-refractivity contribution in [3.63, 3.8) is 0 Å². The fourth-order valence-electron chi connectivity index (χ4n) is 2.96. The fourth-order valence-corrected chi connectivity index (χ4v) is 2.96. The molecule has 2 heterocycles. The van der Waals surface area contributed by atoms with Gasteiger partial charge in [0.1, 0.15) is 0 Å².